The summed E-state index contributed by atoms with van der Waals surface area (Å²) >= 11 is 0. The van der Waals surface area contributed by atoms with Gasteiger partial charge < -0.3 is 211 Å². The first kappa shape index (κ1) is 92.6. The number of aliphatic hydroxyl groups excluding tert-OH is 21. The lowest BCUT2D eigenvalue weighted by atomic mass is 9.86. The monoisotopic (exact) mass is 1620 g/mol. The van der Waals surface area contributed by atoms with Gasteiger partial charge in [0.1, 0.15) is 152 Å². The average molecular weight is 1620 g/mol. The lowest BCUT2D eigenvalue weighted by Crippen LogP contribution is -2.71. The number of nitrogens with one attached hydrogen (secondary N) is 5. The normalized spacial score (nSPS) is 42.5. The van der Waals surface area contributed by atoms with Gasteiger partial charge in [-0.2, -0.15) is 0 Å². The van der Waals surface area contributed by atoms with E-state index in [1.165, 1.54) is 0 Å². The predicted octanol–water partition coefficient (Wildman–Crippen LogP) is -17.9. The molecule has 638 valence electrons. The molecule has 0 aromatic heterocycles. The van der Waals surface area contributed by atoms with Crippen LogP contribution in [-0.2, 0) is 99.9 Å². The van der Waals surface area contributed by atoms with Crippen molar-refractivity contribution in [1.29, 1.82) is 0 Å². The van der Waals surface area contributed by atoms with Crippen molar-refractivity contribution in [2.45, 2.75) is 285 Å². The number of aliphatic hydroxyl groups is 21. The number of carboxylic acid groups (broad SMARTS) is 3. The van der Waals surface area contributed by atoms with E-state index < -0.39 is 344 Å². The third-order valence-corrected chi connectivity index (χ3v) is 19.5. The van der Waals surface area contributed by atoms with E-state index in [9.17, 15) is 161 Å². The van der Waals surface area contributed by atoms with Gasteiger partial charge in [0.15, 0.2) is 25.2 Å². The Hall–Kier alpha value is -5.60. The number of ether oxygens (including phenoxy) is 13. The van der Waals surface area contributed by atoms with E-state index in [1.54, 1.807) is 0 Å². The van der Waals surface area contributed by atoms with Crippen molar-refractivity contribution in [2.75, 3.05) is 46.2 Å². The van der Waals surface area contributed by atoms with Crippen molar-refractivity contribution in [3.8, 4) is 0 Å². The topological polar surface area (TPSA) is 802 Å². The van der Waals surface area contributed by atoms with Gasteiger partial charge in [0.05, 0.1) is 82.7 Å². The zero-order valence-corrected chi connectivity index (χ0v) is 59.6. The molecule has 7 aliphatic heterocycles. The molecule has 111 heavy (non-hydrogen) atoms. The van der Waals surface area contributed by atoms with Crippen molar-refractivity contribution in [3.05, 3.63) is 0 Å². The highest BCUT2D eigenvalue weighted by molar-refractivity contribution is 5.79. The Labute approximate surface area is 626 Å². The van der Waals surface area contributed by atoms with Gasteiger partial charge in [-0.3, -0.25) is 24.0 Å². The second kappa shape index (κ2) is 38.9. The van der Waals surface area contributed by atoms with Gasteiger partial charge in [-0.15, -0.1) is 0 Å². The molecular weight excluding hydrogens is 1520 g/mol. The number of carbonyl (C=O) groups excluding carboxylic acids is 5. The molecule has 0 unspecified atom stereocenters. The van der Waals surface area contributed by atoms with E-state index >= 15 is 0 Å². The first-order chi connectivity index (χ1) is 51.9. The summed E-state index contributed by atoms with van der Waals surface area (Å²) in [6.45, 7) is -4.50. The Morgan fingerprint density at radius 3 is 1.16 bits per heavy atom. The minimum Gasteiger partial charge on any atom is -0.477 e. The van der Waals surface area contributed by atoms with Crippen LogP contribution >= 0.6 is 0 Å². The highest BCUT2D eigenvalue weighted by Gasteiger charge is 2.64. The van der Waals surface area contributed by atoms with Crippen LogP contribution in [0.15, 0.2) is 0 Å². The zero-order valence-electron chi connectivity index (χ0n) is 59.6. The number of hydrogen-bond donors (Lipinski definition) is 29. The maximum absolute atomic E-state index is 13.6. The quantitative estimate of drug-likeness (QED) is 0.0290. The van der Waals surface area contributed by atoms with Crippen molar-refractivity contribution >= 4 is 47.4 Å². The molecule has 0 spiro atoms. The van der Waals surface area contributed by atoms with Gasteiger partial charge in [-0.1, -0.05) is 0 Å². The molecule has 0 saturated carbocycles. The van der Waals surface area contributed by atoms with Crippen LogP contribution in [0.1, 0.15) is 53.9 Å². The molecule has 50 nitrogen and oxygen atoms in total. The van der Waals surface area contributed by atoms with Gasteiger partial charge in [0.25, 0.3) is 17.4 Å². The largest absolute Gasteiger partial charge is 0.477 e. The molecule has 7 heterocycles. The summed E-state index contributed by atoms with van der Waals surface area (Å²) in [6.07, 6.45) is -71.1. The van der Waals surface area contributed by atoms with Crippen LogP contribution in [0, 0.1) is 0 Å². The van der Waals surface area contributed by atoms with Crippen molar-refractivity contribution in [1.82, 2.24) is 26.6 Å². The molecule has 0 aliphatic carbocycles. The molecule has 0 bridgehead atoms. The molecule has 7 saturated heterocycles. The van der Waals surface area contributed by atoms with Crippen molar-refractivity contribution < 1.29 is 222 Å². The Morgan fingerprint density at radius 1 is 0.378 bits per heavy atom. The fraction of sp³-hybridized carbons (Fsp3) is 0.869. The maximum atomic E-state index is 13.6. The van der Waals surface area contributed by atoms with Crippen LogP contribution in [0.25, 0.3) is 0 Å². The van der Waals surface area contributed by atoms with Crippen LogP contribution in [0.5, 0.6) is 0 Å². The van der Waals surface area contributed by atoms with Crippen LogP contribution < -0.4 is 26.6 Å². The van der Waals surface area contributed by atoms with Gasteiger partial charge >= 0.3 is 17.9 Å². The smallest absolute Gasteiger partial charge is 0.364 e. The minimum absolute atomic E-state index is 0.791. The fourth-order valence-electron chi connectivity index (χ4n) is 14.0. The second-order valence-corrected chi connectivity index (χ2v) is 27.6. The molecular formula is C61H99N5O45. The molecule has 0 aromatic rings. The van der Waals surface area contributed by atoms with E-state index in [4.69, 9.17) is 61.6 Å². The van der Waals surface area contributed by atoms with E-state index in [0.717, 1.165) is 34.6 Å². The zero-order chi connectivity index (χ0) is 83.1. The summed E-state index contributed by atoms with van der Waals surface area (Å²) < 4.78 is 74.2. The summed E-state index contributed by atoms with van der Waals surface area (Å²) in [6, 6.07) is -9.51. The van der Waals surface area contributed by atoms with E-state index in [1.807, 2.05) is 0 Å². The van der Waals surface area contributed by atoms with Gasteiger partial charge in [-0.05, 0) is 0 Å². The summed E-state index contributed by atoms with van der Waals surface area (Å²) in [5.41, 5.74) is 0. The lowest BCUT2D eigenvalue weighted by Gasteiger charge is -2.51. The van der Waals surface area contributed by atoms with Crippen molar-refractivity contribution in [3.63, 3.8) is 0 Å². The van der Waals surface area contributed by atoms with Crippen LogP contribution in [0.4, 0.5) is 0 Å². The minimum atomic E-state index is -3.59. The number of carboxylic acids is 3. The molecule has 29 N–H and O–H groups in total. The molecule has 7 fully saturated rings. The summed E-state index contributed by atoms with van der Waals surface area (Å²) in [5.74, 6) is -22.0. The Morgan fingerprint density at radius 2 is 0.739 bits per heavy atom. The molecule has 7 rings (SSSR count). The molecule has 0 radical (unpaired) electrons. The molecule has 0 aromatic carbocycles. The third kappa shape index (κ3) is 20.6. The van der Waals surface area contributed by atoms with Gasteiger partial charge in [0.2, 0.25) is 29.5 Å². The number of carbonyl (C=O) groups is 8. The van der Waals surface area contributed by atoms with Crippen LogP contribution in [-0.4, -0.2) is 448 Å². The number of hydrogen-bond acceptors (Lipinski definition) is 42. The fourth-order valence-corrected chi connectivity index (χ4v) is 14.0. The molecule has 7 aliphatic rings. The lowest BCUT2D eigenvalue weighted by molar-refractivity contribution is -0.383. The predicted molar refractivity (Wildman–Crippen MR) is 341 cm³/mol. The van der Waals surface area contributed by atoms with Crippen LogP contribution in [0.3, 0.4) is 0 Å². The molecule has 5 amide bonds. The third-order valence-electron chi connectivity index (χ3n) is 19.5. The number of aliphatic carboxylic acids is 3. The Balaban J connectivity index is 1.14. The first-order valence-corrected chi connectivity index (χ1v) is 34.5. The highest BCUT2D eigenvalue weighted by Crippen LogP contribution is 2.42. The summed E-state index contributed by atoms with van der Waals surface area (Å²) in [4.78, 5) is 103. The second-order valence-electron chi connectivity index (χ2n) is 27.6. The average Bonchev–Trinajstić information content (AvgIpc) is 0.759. The Kier molecular flexibility index (Phi) is 32.4. The standard InChI is InChI=1S/C61H99N5O45/c1-16(73)62-31-22(79)7-60(57(95)96,110-48(31)36(82)24(81)9-67)107-28(13-71)40(86)50-33(64-18(3)75)23(80)8-61(111-50,58(97)98)108-27(12-70)39(85)49-32(63-17(2)74)21(78)6-59(109-49,56(93)94)99-15-30-41(87)47(35(52(92)100-30)66-20(5)77)105-55-45(91)51(38(84)26(11-69)102-55)106-54-44(90)43(89)46(29(14-72)103-54)104-53-34(65-19(4)76)42(88)37(83)25(10-68)101-53/h21-55,67-72,78-92H,6-15H2,1-5H3,(H,62,73)(H,63,74)(H,64,75)(H,65,76)(H,66,77)(H,93,94)(H,95,96)(H,97,98)/t21-,22-,23-,24+,25+,26+,27+,28+,29+,30+,31+,32+,33+,34+,35+,36+,37-,38-,39+,40+,41-,42+,43+,44+,45+,46-,47+,48+,49+,50+,51-,52-,53-,54-,55-,59+,60+,61+/m0/s1. The van der Waals surface area contributed by atoms with Crippen LogP contribution in [0.2, 0.25) is 0 Å². The highest BCUT2D eigenvalue weighted by atomic mass is 16.8. The van der Waals surface area contributed by atoms with E-state index in [0.29, 0.717) is 0 Å². The van der Waals surface area contributed by atoms with Crippen molar-refractivity contribution in [2.24, 2.45) is 0 Å². The molecule has 50 heteroatoms. The maximum Gasteiger partial charge on any atom is 0.364 e. The first-order valence-electron chi connectivity index (χ1n) is 34.5. The Bertz CT molecular complexity index is 3140. The molecule has 38 atom stereocenters. The summed E-state index contributed by atoms with van der Waals surface area (Å²) in [5, 5.41) is 277. The van der Waals surface area contributed by atoms with E-state index in [2.05, 4.69) is 26.6 Å². The van der Waals surface area contributed by atoms with Gasteiger partial charge in [-0.25, -0.2) is 14.4 Å². The summed E-state index contributed by atoms with van der Waals surface area (Å²) in [7, 11) is 0. The van der Waals surface area contributed by atoms with E-state index in [-0.39, 0.29) is 0 Å². The SMILES string of the molecule is CC(=O)N[C@@H]1[C@@H](O[C@@H]2O[C@H](CO)[C@H](O)[C@H](O[C@@H]3O[C@H](CO)[C@H](O[C@@H]4O[C@H](CO)[C@H](O)[C@H](O)[C@H]4NC(C)=O)[C@H](O)[C@H]3O)[C@H]2O)[C@@H](O)[C@@H](CO[C@]2(C(=O)O)C[C@H](O)[C@@H](NC(C)=O)[C@H]([C@H](O)[C@@H](CO)O[C@]3(C(=O)O)C[C@H](O)[C@@H](NC(C)=O)[C@H]([C@H](O)[C@@H](CO)O[C@]4(C(=O)O)C[C@H](O)[C@@H](NC(C)=O)[C@H]([C@H](O)[C@H](O)CO)O4)O3)O2)O[C@@H]1O. The number of rotatable bonds is 33. The van der Waals surface area contributed by atoms with Gasteiger partial charge in [0, 0.05) is 53.9 Å². The number of amides is 5.